The second kappa shape index (κ2) is 4.77. The van der Waals surface area contributed by atoms with Gasteiger partial charge in [-0.05, 0) is 12.8 Å². The van der Waals surface area contributed by atoms with Crippen LogP contribution in [0.1, 0.15) is 20.8 Å². The fraction of sp³-hybridized carbons (Fsp3) is 0.875. The molecule has 2 N–H and O–H groups in total. The van der Waals surface area contributed by atoms with Crippen LogP contribution in [0.2, 0.25) is 0 Å². The first-order valence-electron chi connectivity index (χ1n) is 4.32. The highest BCUT2D eigenvalue weighted by Crippen LogP contribution is 2.41. The van der Waals surface area contributed by atoms with E-state index < -0.39 is 13.0 Å². The summed E-state index contributed by atoms with van der Waals surface area (Å²) in [5, 5.41) is 2.62. The van der Waals surface area contributed by atoms with E-state index in [4.69, 9.17) is 4.89 Å². The van der Waals surface area contributed by atoms with Crippen molar-refractivity contribution in [3.63, 3.8) is 0 Å². The van der Waals surface area contributed by atoms with E-state index in [2.05, 4.69) is 5.32 Å². The summed E-state index contributed by atoms with van der Waals surface area (Å²) in [7, 11) is -3.28. The van der Waals surface area contributed by atoms with Crippen LogP contribution in [0.15, 0.2) is 0 Å². The Hall–Kier alpha value is -0.340. The van der Waals surface area contributed by atoms with Gasteiger partial charge in [0, 0.05) is 13.2 Å². The molecule has 0 heterocycles. The van der Waals surface area contributed by atoms with Gasteiger partial charge in [0.25, 0.3) is 0 Å². The smallest absolute Gasteiger partial charge is 0.232 e. The molecule has 0 aliphatic rings. The van der Waals surface area contributed by atoms with Crippen LogP contribution in [0, 0.1) is 5.92 Å². The molecule has 0 rings (SSSR count). The van der Waals surface area contributed by atoms with Crippen LogP contribution in [0.5, 0.6) is 0 Å². The molecule has 0 saturated heterocycles. The zero-order valence-electron chi connectivity index (χ0n) is 8.57. The van der Waals surface area contributed by atoms with Gasteiger partial charge in [-0.25, -0.2) is 0 Å². The van der Waals surface area contributed by atoms with Crippen LogP contribution in [0.25, 0.3) is 0 Å². The van der Waals surface area contributed by atoms with Gasteiger partial charge in [0.05, 0.1) is 0 Å². The average molecular weight is 207 g/mol. The Morgan fingerprint density at radius 1 is 1.46 bits per heavy atom. The normalized spacial score (nSPS) is 18.0. The molecule has 78 valence electrons. The lowest BCUT2D eigenvalue weighted by atomic mass is 10.2. The zero-order valence-corrected chi connectivity index (χ0v) is 9.47. The SMILES string of the molecule is CC(C)CNC(=O)C(C)P(C)(=O)O. The topological polar surface area (TPSA) is 66.4 Å². The molecule has 5 heteroatoms. The van der Waals surface area contributed by atoms with Gasteiger partial charge in [0.2, 0.25) is 13.3 Å². The number of rotatable bonds is 4. The molecule has 13 heavy (non-hydrogen) atoms. The standard InChI is InChI=1S/C8H18NO3P/c1-6(2)5-9-8(10)7(3)13(4,11)12/h6-7H,5H2,1-4H3,(H,9,10)(H,11,12). The van der Waals surface area contributed by atoms with Crippen LogP contribution < -0.4 is 5.32 Å². The Balaban J connectivity index is 4.06. The lowest BCUT2D eigenvalue weighted by Gasteiger charge is -2.15. The number of carbonyl (C=O) groups is 1. The largest absolute Gasteiger partial charge is 0.355 e. The molecule has 2 atom stereocenters. The molecule has 1 amide bonds. The number of carbonyl (C=O) groups excluding carboxylic acids is 1. The molecule has 0 aromatic rings. The average Bonchev–Trinajstić information content (AvgIpc) is 1.96. The molecule has 2 unspecified atom stereocenters. The number of hydrogen-bond acceptors (Lipinski definition) is 2. The first-order chi connectivity index (χ1) is 5.75. The van der Waals surface area contributed by atoms with E-state index >= 15 is 0 Å². The van der Waals surface area contributed by atoms with Crippen LogP contribution in [0.3, 0.4) is 0 Å². The third-order valence-corrected chi connectivity index (χ3v) is 3.45. The minimum Gasteiger partial charge on any atom is -0.355 e. The highest BCUT2D eigenvalue weighted by molar-refractivity contribution is 7.58. The molecule has 0 radical (unpaired) electrons. The zero-order chi connectivity index (χ0) is 10.6. The molecule has 0 bridgehead atoms. The molecule has 0 aromatic heterocycles. The third-order valence-electron chi connectivity index (χ3n) is 1.78. The predicted molar refractivity (Wildman–Crippen MR) is 53.1 cm³/mol. The van der Waals surface area contributed by atoms with Crippen molar-refractivity contribution in [1.82, 2.24) is 5.32 Å². The lowest BCUT2D eigenvalue weighted by molar-refractivity contribution is -0.120. The van der Waals surface area contributed by atoms with Crippen molar-refractivity contribution in [2.24, 2.45) is 5.92 Å². The van der Waals surface area contributed by atoms with Gasteiger partial charge in [-0.15, -0.1) is 0 Å². The van der Waals surface area contributed by atoms with Gasteiger partial charge in [0.1, 0.15) is 5.66 Å². The maximum atomic E-state index is 11.3. The van der Waals surface area contributed by atoms with Gasteiger partial charge in [-0.1, -0.05) is 13.8 Å². The minimum atomic E-state index is -3.28. The number of amides is 1. The van der Waals surface area contributed by atoms with Gasteiger partial charge in [-0.3, -0.25) is 9.36 Å². The van der Waals surface area contributed by atoms with Crippen molar-refractivity contribution >= 4 is 13.3 Å². The molecule has 4 nitrogen and oxygen atoms in total. The monoisotopic (exact) mass is 207 g/mol. The fourth-order valence-corrected chi connectivity index (χ4v) is 1.20. The van der Waals surface area contributed by atoms with Crippen molar-refractivity contribution < 1.29 is 14.3 Å². The van der Waals surface area contributed by atoms with Crippen molar-refractivity contribution in [1.29, 1.82) is 0 Å². The van der Waals surface area contributed by atoms with E-state index in [0.717, 1.165) is 0 Å². The molecule has 0 aliphatic carbocycles. The van der Waals surface area contributed by atoms with E-state index in [1.54, 1.807) is 0 Å². The van der Waals surface area contributed by atoms with Crippen molar-refractivity contribution in [2.75, 3.05) is 13.2 Å². The van der Waals surface area contributed by atoms with Gasteiger partial charge < -0.3 is 10.2 Å². The van der Waals surface area contributed by atoms with E-state index in [1.165, 1.54) is 13.6 Å². The van der Waals surface area contributed by atoms with Crippen molar-refractivity contribution in [3.05, 3.63) is 0 Å². The van der Waals surface area contributed by atoms with Crippen LogP contribution in [-0.4, -0.2) is 29.7 Å². The maximum Gasteiger partial charge on any atom is 0.232 e. The molecular weight excluding hydrogens is 189 g/mol. The highest BCUT2D eigenvalue weighted by Gasteiger charge is 2.27. The summed E-state index contributed by atoms with van der Waals surface area (Å²) in [6.07, 6.45) is 0. The fourth-order valence-electron chi connectivity index (χ4n) is 0.670. The second-order valence-electron chi connectivity index (χ2n) is 3.76. The Morgan fingerprint density at radius 2 is 1.92 bits per heavy atom. The summed E-state index contributed by atoms with van der Waals surface area (Å²) < 4.78 is 11.1. The van der Waals surface area contributed by atoms with Gasteiger partial charge in [0.15, 0.2) is 0 Å². The van der Waals surface area contributed by atoms with Crippen molar-refractivity contribution in [2.45, 2.75) is 26.4 Å². The van der Waals surface area contributed by atoms with Gasteiger partial charge >= 0.3 is 0 Å². The summed E-state index contributed by atoms with van der Waals surface area (Å²) in [6.45, 7) is 7.15. The third kappa shape index (κ3) is 5.06. The molecule has 0 fully saturated rings. The molecule has 0 aliphatic heterocycles. The van der Waals surface area contributed by atoms with Crippen LogP contribution >= 0.6 is 7.37 Å². The quantitative estimate of drug-likeness (QED) is 0.677. The first-order valence-corrected chi connectivity index (χ1v) is 6.50. The Morgan fingerprint density at radius 3 is 2.23 bits per heavy atom. The van der Waals surface area contributed by atoms with E-state index in [-0.39, 0.29) is 5.91 Å². The lowest BCUT2D eigenvalue weighted by Crippen LogP contribution is -2.34. The first kappa shape index (κ1) is 12.7. The Labute approximate surface area is 79.2 Å². The summed E-state index contributed by atoms with van der Waals surface area (Å²) in [6, 6.07) is 0. The highest BCUT2D eigenvalue weighted by atomic mass is 31.2. The molecule has 0 aromatic carbocycles. The molecule has 0 spiro atoms. The Bertz CT molecular complexity index is 221. The minimum absolute atomic E-state index is 0.345. The van der Waals surface area contributed by atoms with Crippen molar-refractivity contribution in [3.8, 4) is 0 Å². The number of nitrogens with one attached hydrogen (secondary N) is 1. The van der Waals surface area contributed by atoms with Crippen LogP contribution in [0.4, 0.5) is 0 Å². The molecular formula is C8H18NO3P. The summed E-state index contributed by atoms with van der Waals surface area (Å²) in [5.41, 5.74) is -0.814. The molecule has 0 saturated carbocycles. The Kier molecular flexibility index (Phi) is 4.65. The van der Waals surface area contributed by atoms with Crippen LogP contribution in [-0.2, 0) is 9.36 Å². The van der Waals surface area contributed by atoms with E-state index in [1.807, 2.05) is 13.8 Å². The summed E-state index contributed by atoms with van der Waals surface area (Å²) >= 11 is 0. The summed E-state index contributed by atoms with van der Waals surface area (Å²) in [5.74, 6) is 0.00752. The maximum absolute atomic E-state index is 11.3. The second-order valence-corrected chi connectivity index (χ2v) is 6.42. The number of hydrogen-bond donors (Lipinski definition) is 2. The predicted octanol–water partition coefficient (Wildman–Crippen LogP) is 1.05. The van der Waals surface area contributed by atoms with Gasteiger partial charge in [-0.2, -0.15) is 0 Å². The summed E-state index contributed by atoms with van der Waals surface area (Å²) in [4.78, 5) is 20.4. The van der Waals surface area contributed by atoms with E-state index in [0.29, 0.717) is 12.5 Å². The van der Waals surface area contributed by atoms with E-state index in [9.17, 15) is 9.36 Å².